The van der Waals surface area contributed by atoms with Gasteiger partial charge in [-0.25, -0.2) is 13.4 Å². The van der Waals surface area contributed by atoms with Crippen molar-refractivity contribution in [2.24, 2.45) is 0 Å². The smallest absolute Gasteiger partial charge is 0.288 e. The van der Waals surface area contributed by atoms with Crippen molar-refractivity contribution in [2.45, 2.75) is 6.92 Å². The SMILES string of the molecule is CCS(=O)(=O)CCNC(=O)c1cc([N+](=O)[O-])cnc1Cl. The highest BCUT2D eigenvalue weighted by Crippen LogP contribution is 2.18. The topological polar surface area (TPSA) is 119 Å². The number of rotatable bonds is 6. The van der Waals surface area contributed by atoms with Gasteiger partial charge < -0.3 is 5.32 Å². The normalized spacial score (nSPS) is 11.1. The Kier molecular flexibility index (Phi) is 5.40. The molecule has 0 bridgehead atoms. The second-order valence-electron chi connectivity index (χ2n) is 3.78. The minimum atomic E-state index is -3.20. The van der Waals surface area contributed by atoms with E-state index in [1.54, 1.807) is 0 Å². The molecule has 0 aliphatic rings. The van der Waals surface area contributed by atoms with Crippen molar-refractivity contribution in [3.05, 3.63) is 33.1 Å². The van der Waals surface area contributed by atoms with Crippen LogP contribution >= 0.6 is 11.6 Å². The molecule has 0 saturated carbocycles. The molecule has 1 N–H and O–H groups in total. The molecule has 10 heteroatoms. The van der Waals surface area contributed by atoms with Crippen LogP contribution in [0.15, 0.2) is 12.3 Å². The molecule has 0 aliphatic carbocycles. The molecular weight excluding hydrogens is 310 g/mol. The first-order valence-electron chi connectivity index (χ1n) is 5.55. The minimum Gasteiger partial charge on any atom is -0.351 e. The van der Waals surface area contributed by atoms with Crippen molar-refractivity contribution in [3.63, 3.8) is 0 Å². The summed E-state index contributed by atoms with van der Waals surface area (Å²) in [5, 5.41) is 12.7. The average Bonchev–Trinajstić information content (AvgIpc) is 2.38. The molecule has 0 aromatic carbocycles. The summed E-state index contributed by atoms with van der Waals surface area (Å²) in [5.74, 6) is -0.950. The average molecular weight is 322 g/mol. The van der Waals surface area contributed by atoms with Crippen molar-refractivity contribution >= 4 is 33.0 Å². The number of sulfone groups is 1. The van der Waals surface area contributed by atoms with E-state index in [2.05, 4.69) is 10.3 Å². The third kappa shape index (κ3) is 4.42. The Hall–Kier alpha value is -1.74. The Labute approximate surface area is 120 Å². The number of aromatic nitrogens is 1. The largest absolute Gasteiger partial charge is 0.351 e. The number of nitrogens with zero attached hydrogens (tertiary/aromatic N) is 2. The molecule has 0 aliphatic heterocycles. The van der Waals surface area contributed by atoms with Crippen LogP contribution in [0.25, 0.3) is 0 Å². The van der Waals surface area contributed by atoms with Crippen molar-refractivity contribution in [1.29, 1.82) is 0 Å². The van der Waals surface area contributed by atoms with Crippen LogP contribution in [-0.2, 0) is 9.84 Å². The van der Waals surface area contributed by atoms with Gasteiger partial charge in [-0.15, -0.1) is 0 Å². The number of halogens is 1. The lowest BCUT2D eigenvalue weighted by Gasteiger charge is -2.06. The molecule has 0 radical (unpaired) electrons. The molecular formula is C10H12ClN3O5S. The predicted molar refractivity (Wildman–Crippen MR) is 72.6 cm³/mol. The number of hydrogen-bond donors (Lipinski definition) is 1. The zero-order chi connectivity index (χ0) is 15.3. The number of nitrogens with one attached hydrogen (secondary N) is 1. The first-order chi connectivity index (χ1) is 9.26. The highest BCUT2D eigenvalue weighted by atomic mass is 35.5. The number of carbonyl (C=O) groups is 1. The number of carbonyl (C=O) groups excluding carboxylic acids is 1. The van der Waals surface area contributed by atoms with Gasteiger partial charge in [0.05, 0.1) is 16.2 Å². The molecule has 20 heavy (non-hydrogen) atoms. The standard InChI is InChI=1S/C10H12ClN3O5S/c1-2-20(18,19)4-3-12-10(15)8-5-7(14(16)17)6-13-9(8)11/h5-6H,2-4H2,1H3,(H,12,15). The summed E-state index contributed by atoms with van der Waals surface area (Å²) in [7, 11) is -3.20. The molecule has 1 aromatic rings. The first kappa shape index (κ1) is 16.3. The van der Waals surface area contributed by atoms with Crippen LogP contribution in [0.3, 0.4) is 0 Å². The maximum Gasteiger partial charge on any atom is 0.288 e. The van der Waals surface area contributed by atoms with Gasteiger partial charge in [0, 0.05) is 18.4 Å². The van der Waals surface area contributed by atoms with Gasteiger partial charge in [0.25, 0.3) is 11.6 Å². The number of amides is 1. The van der Waals surface area contributed by atoms with Gasteiger partial charge in [-0.05, 0) is 0 Å². The number of pyridine rings is 1. The van der Waals surface area contributed by atoms with Gasteiger partial charge in [0.2, 0.25) is 0 Å². The monoisotopic (exact) mass is 321 g/mol. The third-order valence-corrected chi connectivity index (χ3v) is 4.43. The Bertz CT molecular complexity index is 632. The van der Waals surface area contributed by atoms with E-state index in [1.165, 1.54) is 6.92 Å². The summed E-state index contributed by atoms with van der Waals surface area (Å²) in [6.45, 7) is 1.40. The van der Waals surface area contributed by atoms with Crippen molar-refractivity contribution in [3.8, 4) is 0 Å². The van der Waals surface area contributed by atoms with Gasteiger partial charge in [0.1, 0.15) is 11.3 Å². The summed E-state index contributed by atoms with van der Waals surface area (Å²) in [4.78, 5) is 25.2. The fourth-order valence-corrected chi connectivity index (χ4v) is 2.15. The Morgan fingerprint density at radius 3 is 2.75 bits per heavy atom. The van der Waals surface area contributed by atoms with Crippen LogP contribution in [0.4, 0.5) is 5.69 Å². The molecule has 0 spiro atoms. The second kappa shape index (κ2) is 6.62. The maximum absolute atomic E-state index is 11.8. The van der Waals surface area contributed by atoms with E-state index in [0.717, 1.165) is 12.3 Å². The molecule has 1 rings (SSSR count). The second-order valence-corrected chi connectivity index (χ2v) is 6.61. The number of nitro groups is 1. The van der Waals surface area contributed by atoms with Crippen molar-refractivity contribution in [2.75, 3.05) is 18.1 Å². The first-order valence-corrected chi connectivity index (χ1v) is 7.75. The molecule has 0 unspecified atom stereocenters. The van der Waals surface area contributed by atoms with E-state index in [-0.39, 0.29) is 34.5 Å². The minimum absolute atomic E-state index is 0.0258. The van der Waals surface area contributed by atoms with E-state index in [4.69, 9.17) is 11.6 Å². The van der Waals surface area contributed by atoms with Crippen molar-refractivity contribution < 1.29 is 18.1 Å². The van der Waals surface area contributed by atoms with Gasteiger partial charge in [-0.3, -0.25) is 14.9 Å². The van der Waals surface area contributed by atoms with Crippen LogP contribution in [0.5, 0.6) is 0 Å². The van der Waals surface area contributed by atoms with Crippen LogP contribution in [0.1, 0.15) is 17.3 Å². The Morgan fingerprint density at radius 1 is 1.55 bits per heavy atom. The highest BCUT2D eigenvalue weighted by molar-refractivity contribution is 7.91. The fraction of sp³-hybridized carbons (Fsp3) is 0.400. The van der Waals surface area contributed by atoms with Gasteiger partial charge in [-0.1, -0.05) is 18.5 Å². The summed E-state index contributed by atoms with van der Waals surface area (Å²) in [5.41, 5.74) is -0.546. The van der Waals surface area contributed by atoms with E-state index >= 15 is 0 Å². The quantitative estimate of drug-likeness (QED) is 0.470. The maximum atomic E-state index is 11.8. The zero-order valence-electron chi connectivity index (χ0n) is 10.5. The summed E-state index contributed by atoms with van der Waals surface area (Å²) in [6, 6.07) is 0.985. The fourth-order valence-electron chi connectivity index (χ4n) is 1.26. The lowest BCUT2D eigenvalue weighted by Crippen LogP contribution is -2.30. The van der Waals surface area contributed by atoms with Crippen LogP contribution < -0.4 is 5.32 Å². The molecule has 1 amide bonds. The zero-order valence-corrected chi connectivity index (χ0v) is 12.1. The molecule has 8 nitrogen and oxygen atoms in total. The molecule has 0 fully saturated rings. The summed E-state index contributed by atoms with van der Waals surface area (Å²) >= 11 is 5.68. The Balaban J connectivity index is 2.78. The number of hydrogen-bond acceptors (Lipinski definition) is 6. The van der Waals surface area contributed by atoms with Gasteiger partial charge >= 0.3 is 0 Å². The predicted octanol–water partition coefficient (Wildman–Crippen LogP) is 0.808. The van der Waals surface area contributed by atoms with Gasteiger partial charge in [-0.2, -0.15) is 0 Å². The Morgan fingerprint density at radius 2 is 2.20 bits per heavy atom. The molecule has 0 atom stereocenters. The van der Waals surface area contributed by atoms with Crippen LogP contribution in [0, 0.1) is 10.1 Å². The van der Waals surface area contributed by atoms with Crippen LogP contribution in [0.2, 0.25) is 5.15 Å². The molecule has 1 heterocycles. The van der Waals surface area contributed by atoms with Gasteiger partial charge in [0.15, 0.2) is 9.84 Å². The third-order valence-electron chi connectivity index (χ3n) is 2.42. The summed E-state index contributed by atoms with van der Waals surface area (Å²) < 4.78 is 22.5. The van der Waals surface area contributed by atoms with Crippen LogP contribution in [-0.4, -0.2) is 42.3 Å². The van der Waals surface area contributed by atoms with E-state index in [0.29, 0.717) is 0 Å². The van der Waals surface area contributed by atoms with E-state index < -0.39 is 20.7 Å². The lowest BCUT2D eigenvalue weighted by atomic mass is 10.2. The van der Waals surface area contributed by atoms with Crippen molar-refractivity contribution in [1.82, 2.24) is 10.3 Å². The summed E-state index contributed by atoms with van der Waals surface area (Å²) in [6.07, 6.45) is 0.931. The van der Waals surface area contributed by atoms with E-state index in [9.17, 15) is 23.3 Å². The van der Waals surface area contributed by atoms with E-state index in [1.807, 2.05) is 0 Å². The highest BCUT2D eigenvalue weighted by Gasteiger charge is 2.17. The molecule has 1 aromatic heterocycles. The molecule has 0 saturated heterocycles. The molecule has 110 valence electrons. The lowest BCUT2D eigenvalue weighted by molar-refractivity contribution is -0.385.